The molecule has 0 radical (unpaired) electrons. The highest BCUT2D eigenvalue weighted by atomic mass is 16.6. The molecule has 72 heavy (non-hydrogen) atoms. The van der Waals surface area contributed by atoms with Crippen LogP contribution in [-0.4, -0.2) is 90.7 Å². The molecule has 2 heterocycles. The summed E-state index contributed by atoms with van der Waals surface area (Å²) in [6, 6.07) is 9.67. The number of primary amides is 2. The highest BCUT2D eigenvalue weighted by molar-refractivity contribution is 6.02. The molecular formula is C53H76N6O13. The van der Waals surface area contributed by atoms with Gasteiger partial charge in [-0.25, -0.2) is 9.59 Å². The van der Waals surface area contributed by atoms with Crippen LogP contribution >= 0.6 is 0 Å². The average molecular weight is 1010 g/mol. The minimum absolute atomic E-state index is 0.0619. The van der Waals surface area contributed by atoms with Gasteiger partial charge in [0, 0.05) is 30.5 Å². The maximum atomic E-state index is 13.1. The Morgan fingerprint density at radius 2 is 0.944 bits per heavy atom. The smallest absolute Gasteiger partial charge is 0.329 e. The molecule has 0 unspecified atom stereocenters. The summed E-state index contributed by atoms with van der Waals surface area (Å²) in [6.07, 6.45) is 22.2. The van der Waals surface area contributed by atoms with Crippen LogP contribution in [-0.2, 0) is 28.7 Å². The first-order valence-electron chi connectivity index (χ1n) is 25.6. The molecule has 2 aromatic carbocycles. The van der Waals surface area contributed by atoms with E-state index in [1.54, 1.807) is 24.3 Å². The van der Waals surface area contributed by atoms with E-state index in [1.165, 1.54) is 58.6 Å². The van der Waals surface area contributed by atoms with Crippen molar-refractivity contribution in [2.75, 3.05) is 0 Å². The molecule has 0 fully saturated rings. The molecular weight excluding hydrogens is 929 g/mol. The van der Waals surface area contributed by atoms with Gasteiger partial charge in [-0.15, -0.1) is 0 Å². The van der Waals surface area contributed by atoms with E-state index in [0.29, 0.717) is 38.5 Å². The van der Waals surface area contributed by atoms with Crippen molar-refractivity contribution in [2.24, 2.45) is 17.4 Å². The number of carbonyl (C=O) groups is 6. The molecule has 4 rings (SSSR count). The number of aliphatic hydroxyl groups excluding tert-OH is 1. The fourth-order valence-corrected chi connectivity index (χ4v) is 8.56. The first kappa shape index (κ1) is 59.8. The molecule has 0 saturated heterocycles. The van der Waals surface area contributed by atoms with Crippen LogP contribution in [0.15, 0.2) is 73.1 Å². The lowest BCUT2D eigenvalue weighted by molar-refractivity contribution is -0.385. The molecule has 0 aliphatic carbocycles. The van der Waals surface area contributed by atoms with E-state index in [0.717, 1.165) is 96.3 Å². The third-order valence-corrected chi connectivity index (χ3v) is 12.9. The second-order valence-electron chi connectivity index (χ2n) is 18.6. The van der Waals surface area contributed by atoms with E-state index in [4.69, 9.17) is 20.9 Å². The van der Waals surface area contributed by atoms with Crippen LogP contribution in [0.2, 0.25) is 0 Å². The molecule has 2 aliphatic heterocycles. The van der Waals surface area contributed by atoms with Crippen LogP contribution in [0.1, 0.15) is 183 Å². The number of ether oxygens (including phenoxy) is 2. The van der Waals surface area contributed by atoms with Crippen LogP contribution in [0.3, 0.4) is 0 Å². The number of nitro benzene ring substituents is 2. The van der Waals surface area contributed by atoms with E-state index < -0.39 is 57.7 Å². The van der Waals surface area contributed by atoms with Gasteiger partial charge in [0.1, 0.15) is 41.5 Å². The Morgan fingerprint density at radius 1 is 0.583 bits per heavy atom. The predicted molar refractivity (Wildman–Crippen MR) is 271 cm³/mol. The van der Waals surface area contributed by atoms with Gasteiger partial charge in [0.2, 0.25) is 11.8 Å². The van der Waals surface area contributed by atoms with Crippen molar-refractivity contribution in [1.82, 2.24) is 9.80 Å². The Balaban J connectivity index is 0.000000380. The first-order chi connectivity index (χ1) is 34.5. The number of nitrogens with two attached hydrogens (primary N) is 2. The Morgan fingerprint density at radius 3 is 1.31 bits per heavy atom. The number of para-hydroxylation sites is 2. The van der Waals surface area contributed by atoms with Crippen LogP contribution < -0.4 is 11.5 Å². The van der Waals surface area contributed by atoms with Gasteiger partial charge in [-0.05, 0) is 89.2 Å². The molecule has 19 nitrogen and oxygen atoms in total. The van der Waals surface area contributed by atoms with Gasteiger partial charge in [-0.1, -0.05) is 121 Å². The molecule has 2 aromatic rings. The van der Waals surface area contributed by atoms with Gasteiger partial charge in [-0.2, -0.15) is 0 Å². The number of hydrogen-bond acceptors (Lipinski definition) is 13. The third kappa shape index (κ3) is 20.0. The highest BCUT2D eigenvalue weighted by Crippen LogP contribution is 2.28. The van der Waals surface area contributed by atoms with Crippen molar-refractivity contribution in [3.05, 3.63) is 104 Å². The second-order valence-corrected chi connectivity index (χ2v) is 18.6. The molecule has 0 bridgehead atoms. The number of esters is 2. The number of aliphatic hydroxyl groups is 1. The molecule has 5 N–H and O–H groups in total. The summed E-state index contributed by atoms with van der Waals surface area (Å²) in [4.78, 5) is 98.5. The van der Waals surface area contributed by atoms with E-state index in [1.807, 2.05) is 6.92 Å². The topological polar surface area (TPSA) is 286 Å². The number of amides is 4. The fraction of sp³-hybridized carbons (Fsp3) is 0.585. The molecule has 6 atom stereocenters. The number of nitrogens with zero attached hydrogens (tertiary/aromatic N) is 4. The summed E-state index contributed by atoms with van der Waals surface area (Å²) in [5.74, 6) is -3.41. The highest BCUT2D eigenvalue weighted by Gasteiger charge is 2.38. The average Bonchev–Trinajstić information content (AvgIpc) is 4.07. The van der Waals surface area contributed by atoms with Crippen molar-refractivity contribution in [2.45, 2.75) is 192 Å². The fourth-order valence-electron chi connectivity index (χ4n) is 8.56. The second kappa shape index (κ2) is 32.5. The maximum Gasteiger partial charge on any atom is 0.329 e. The minimum Gasteiger partial charge on any atom is -0.461 e. The SMILES string of the molecule is CCCCCC[C@H](CCCCC[C@@H](C)C(N)=O)OC(=O)[C@@H]1CC=CN1C(=O)c1ccccc1[N+](=O)[O-].CCCCCC[C@H](CCCCC[C@@H](O)C(N)=O)OC(=O)[C@@H]1CC=CN1C(=O)c1ccccc1[N+](=O)[O-]. The molecule has 0 saturated carbocycles. The molecule has 4 amide bonds. The molecule has 2 aliphatic rings. The summed E-state index contributed by atoms with van der Waals surface area (Å²) < 4.78 is 11.7. The van der Waals surface area contributed by atoms with Crippen LogP contribution in [0.4, 0.5) is 11.4 Å². The monoisotopic (exact) mass is 1000 g/mol. The number of benzene rings is 2. The summed E-state index contributed by atoms with van der Waals surface area (Å²) >= 11 is 0. The Bertz CT molecular complexity index is 2020. The zero-order valence-electron chi connectivity index (χ0n) is 42.2. The van der Waals surface area contributed by atoms with Gasteiger partial charge in [0.15, 0.2) is 0 Å². The number of carbonyl (C=O) groups excluding carboxylic acids is 6. The van der Waals surface area contributed by atoms with E-state index in [-0.39, 0.29) is 53.0 Å². The Kier molecular flexibility index (Phi) is 27.0. The molecule has 0 spiro atoms. The third-order valence-electron chi connectivity index (χ3n) is 12.9. The molecule has 396 valence electrons. The number of unbranched alkanes of at least 4 members (excludes halogenated alkanes) is 10. The number of nitro groups is 2. The summed E-state index contributed by atoms with van der Waals surface area (Å²) in [5.41, 5.74) is 9.64. The maximum absolute atomic E-state index is 13.1. The lowest BCUT2D eigenvalue weighted by Crippen LogP contribution is -2.41. The number of rotatable bonds is 32. The first-order valence-corrected chi connectivity index (χ1v) is 25.6. The summed E-state index contributed by atoms with van der Waals surface area (Å²) in [7, 11) is 0. The van der Waals surface area contributed by atoms with Gasteiger partial charge in [-0.3, -0.25) is 39.4 Å². The summed E-state index contributed by atoms with van der Waals surface area (Å²) in [6.45, 7) is 6.08. The van der Waals surface area contributed by atoms with E-state index in [2.05, 4.69) is 13.8 Å². The van der Waals surface area contributed by atoms with Crippen molar-refractivity contribution < 1.29 is 53.2 Å². The minimum atomic E-state index is -1.15. The normalized spacial score (nSPS) is 16.5. The standard InChI is InChI=1S/C27H39N3O6.C26H37N3O7/c1-3-4-5-8-14-21(15-9-6-7-13-20(2)25(28)31)36-27(33)24-18-12-19-29(24)26(32)22-16-10-11-17-23(22)30(34)35;1-2-3-4-6-12-19(13-7-5-8-17-23(30)24(27)31)36-26(33)22-16-11-18-28(22)25(32)20-14-9-10-15-21(20)29(34)35/h10-12,16-17,19-21,24H,3-9,13-15,18H2,1-2H3,(H2,28,31);9-11,14-15,18-19,22-23,30H,2-8,12-13,16-17H2,1H3,(H2,27,31)/t20-,21-,24+;19-,22+,23-/m11/s1. The molecule has 0 aromatic heterocycles. The van der Waals surface area contributed by atoms with Crippen molar-refractivity contribution >= 4 is 46.9 Å². The Labute approximate surface area is 423 Å². The predicted octanol–water partition coefficient (Wildman–Crippen LogP) is 9.28. The Hall–Kier alpha value is -6.50. The quantitative estimate of drug-likeness (QED) is 0.0267. The van der Waals surface area contributed by atoms with E-state index >= 15 is 0 Å². The zero-order chi connectivity index (χ0) is 53.0. The lowest BCUT2D eigenvalue weighted by atomic mass is 9.99. The van der Waals surface area contributed by atoms with Gasteiger partial charge >= 0.3 is 11.9 Å². The van der Waals surface area contributed by atoms with Crippen molar-refractivity contribution in [1.29, 1.82) is 0 Å². The largest absolute Gasteiger partial charge is 0.461 e. The van der Waals surface area contributed by atoms with E-state index in [9.17, 15) is 54.1 Å². The van der Waals surface area contributed by atoms with Crippen molar-refractivity contribution in [3.63, 3.8) is 0 Å². The van der Waals surface area contributed by atoms with Gasteiger partial charge < -0.3 is 35.8 Å². The summed E-state index contributed by atoms with van der Waals surface area (Å²) in [5, 5.41) is 32.2. The zero-order valence-corrected chi connectivity index (χ0v) is 42.2. The van der Waals surface area contributed by atoms with Crippen LogP contribution in [0.5, 0.6) is 0 Å². The van der Waals surface area contributed by atoms with Gasteiger partial charge in [0.05, 0.1) is 9.85 Å². The van der Waals surface area contributed by atoms with Gasteiger partial charge in [0.25, 0.3) is 23.2 Å². The lowest BCUT2D eigenvalue weighted by Gasteiger charge is -2.25. The van der Waals surface area contributed by atoms with Crippen molar-refractivity contribution in [3.8, 4) is 0 Å². The van der Waals surface area contributed by atoms with Crippen LogP contribution in [0, 0.1) is 26.1 Å². The number of hydrogen-bond donors (Lipinski definition) is 3. The van der Waals surface area contributed by atoms with Crippen LogP contribution in [0.25, 0.3) is 0 Å². The molecule has 19 heteroatoms.